The molecule has 0 radical (unpaired) electrons. The van der Waals surface area contributed by atoms with Gasteiger partial charge in [-0.05, 0) is 12.1 Å². The Morgan fingerprint density at radius 1 is 1.38 bits per heavy atom. The largest absolute Gasteiger partial charge is 0.334 e. The first-order valence-corrected chi connectivity index (χ1v) is 5.65. The highest BCUT2D eigenvalue weighted by molar-refractivity contribution is 9.10. The van der Waals surface area contributed by atoms with E-state index in [2.05, 4.69) is 27.0 Å². The summed E-state index contributed by atoms with van der Waals surface area (Å²) in [5.41, 5.74) is 1.86. The van der Waals surface area contributed by atoms with Gasteiger partial charge in [-0.25, -0.2) is 4.98 Å². The smallest absolute Gasteiger partial charge is 0.140 e. The van der Waals surface area contributed by atoms with Crippen LogP contribution in [0, 0.1) is 11.3 Å². The minimum atomic E-state index is 0.352. The second-order valence-electron chi connectivity index (χ2n) is 3.51. The van der Waals surface area contributed by atoms with Gasteiger partial charge in [-0.1, -0.05) is 28.1 Å². The van der Waals surface area contributed by atoms with E-state index in [4.69, 9.17) is 5.26 Å². The Morgan fingerprint density at radius 2 is 2.06 bits per heavy atom. The van der Waals surface area contributed by atoms with Crippen LogP contribution >= 0.6 is 15.9 Å². The van der Waals surface area contributed by atoms with Gasteiger partial charge in [-0.2, -0.15) is 5.26 Å². The van der Waals surface area contributed by atoms with Crippen LogP contribution in [0.25, 0.3) is 11.4 Å². The van der Waals surface area contributed by atoms with Crippen molar-refractivity contribution in [1.82, 2.24) is 9.55 Å². The summed E-state index contributed by atoms with van der Waals surface area (Å²) >= 11 is 3.40. The van der Waals surface area contributed by atoms with Crippen LogP contribution < -0.4 is 0 Å². The Bertz CT molecular complexity index is 534. The normalized spacial score (nSPS) is 10.1. The van der Waals surface area contributed by atoms with Crippen molar-refractivity contribution >= 4 is 15.9 Å². The van der Waals surface area contributed by atoms with Crippen molar-refractivity contribution in [1.29, 1.82) is 5.26 Å². The molecule has 0 aliphatic heterocycles. The van der Waals surface area contributed by atoms with Gasteiger partial charge in [0.1, 0.15) is 5.82 Å². The highest BCUT2D eigenvalue weighted by Crippen LogP contribution is 2.20. The zero-order chi connectivity index (χ0) is 11.5. The molecule has 0 aliphatic carbocycles. The maximum atomic E-state index is 8.62. The molecule has 1 heterocycles. The molecular weight excluding hydrogens is 266 g/mol. The Hall–Kier alpha value is -1.60. The molecule has 0 spiro atoms. The van der Waals surface area contributed by atoms with Gasteiger partial charge in [0.2, 0.25) is 0 Å². The van der Waals surface area contributed by atoms with Crippen molar-refractivity contribution in [3.8, 4) is 17.5 Å². The second kappa shape index (κ2) is 4.50. The minimum Gasteiger partial charge on any atom is -0.334 e. The van der Waals surface area contributed by atoms with Crippen LogP contribution in [-0.4, -0.2) is 9.55 Å². The van der Waals surface area contributed by atoms with E-state index in [1.54, 1.807) is 0 Å². The fourth-order valence-corrected chi connectivity index (χ4v) is 1.83. The topological polar surface area (TPSA) is 41.6 Å². The molecule has 0 N–H and O–H groups in total. The fourth-order valence-electron chi connectivity index (χ4n) is 1.56. The molecule has 4 heteroatoms. The summed E-state index contributed by atoms with van der Waals surface area (Å²) in [4.78, 5) is 4.42. The van der Waals surface area contributed by atoms with E-state index in [-0.39, 0.29) is 0 Å². The summed E-state index contributed by atoms with van der Waals surface area (Å²) in [5.74, 6) is 0.887. The molecule has 0 atom stereocenters. The number of nitrogens with zero attached hydrogens (tertiary/aromatic N) is 3. The third-order valence-electron chi connectivity index (χ3n) is 2.29. The summed E-state index contributed by atoms with van der Waals surface area (Å²) in [6, 6.07) is 10.1. The molecule has 0 fully saturated rings. The maximum Gasteiger partial charge on any atom is 0.140 e. The van der Waals surface area contributed by atoms with E-state index in [1.165, 1.54) is 0 Å². The number of nitriles is 1. The second-order valence-corrected chi connectivity index (χ2v) is 4.42. The molecule has 0 bridgehead atoms. The Kier molecular flexibility index (Phi) is 3.07. The van der Waals surface area contributed by atoms with Crippen LogP contribution in [0.5, 0.6) is 0 Å². The number of hydrogen-bond donors (Lipinski definition) is 0. The first-order chi connectivity index (χ1) is 7.70. The summed E-state index contributed by atoms with van der Waals surface area (Å²) in [6.07, 6.45) is 2.24. The monoisotopic (exact) mass is 275 g/mol. The third-order valence-corrected chi connectivity index (χ3v) is 2.82. The highest BCUT2D eigenvalue weighted by atomic mass is 79.9. The van der Waals surface area contributed by atoms with Gasteiger partial charge in [0.15, 0.2) is 0 Å². The van der Waals surface area contributed by atoms with Gasteiger partial charge >= 0.3 is 0 Å². The summed E-state index contributed by atoms with van der Waals surface area (Å²) in [6.45, 7) is 0. The lowest BCUT2D eigenvalue weighted by Gasteiger charge is -2.00. The quantitative estimate of drug-likeness (QED) is 0.846. The molecule has 80 valence electrons. The van der Waals surface area contributed by atoms with Crippen LogP contribution in [0.4, 0.5) is 0 Å². The van der Waals surface area contributed by atoms with Crippen molar-refractivity contribution in [3.05, 3.63) is 40.6 Å². The molecule has 2 rings (SSSR count). The van der Waals surface area contributed by atoms with Crippen LogP contribution in [0.15, 0.2) is 34.9 Å². The van der Waals surface area contributed by atoms with E-state index >= 15 is 0 Å². The molecule has 2 aromatic rings. The van der Waals surface area contributed by atoms with Crippen LogP contribution in [0.1, 0.15) is 5.69 Å². The van der Waals surface area contributed by atoms with Crippen LogP contribution in [-0.2, 0) is 13.5 Å². The van der Waals surface area contributed by atoms with Gasteiger partial charge in [-0.15, -0.1) is 0 Å². The molecule has 1 aromatic carbocycles. The Balaban J connectivity index is 2.40. The molecular formula is C12H10BrN3. The predicted molar refractivity (Wildman–Crippen MR) is 65.7 cm³/mol. The maximum absolute atomic E-state index is 8.62. The van der Waals surface area contributed by atoms with Gasteiger partial charge < -0.3 is 4.57 Å². The molecule has 0 saturated carbocycles. The lowest BCUT2D eigenvalue weighted by molar-refractivity contribution is 0.923. The number of benzene rings is 1. The van der Waals surface area contributed by atoms with Gasteiger partial charge in [0, 0.05) is 23.3 Å². The van der Waals surface area contributed by atoms with E-state index in [0.717, 1.165) is 21.6 Å². The van der Waals surface area contributed by atoms with E-state index in [0.29, 0.717) is 6.42 Å². The molecule has 0 aliphatic rings. The molecule has 0 saturated heterocycles. The van der Waals surface area contributed by atoms with Crippen LogP contribution in [0.3, 0.4) is 0 Å². The minimum absolute atomic E-state index is 0.352. The fraction of sp³-hybridized carbons (Fsp3) is 0.167. The van der Waals surface area contributed by atoms with Crippen molar-refractivity contribution < 1.29 is 0 Å². The average molecular weight is 276 g/mol. The molecule has 0 amide bonds. The zero-order valence-electron chi connectivity index (χ0n) is 8.81. The number of imidazole rings is 1. The van der Waals surface area contributed by atoms with Crippen molar-refractivity contribution in [3.63, 3.8) is 0 Å². The number of aryl methyl sites for hydroxylation is 1. The van der Waals surface area contributed by atoms with E-state index in [9.17, 15) is 0 Å². The molecule has 1 aromatic heterocycles. The molecule has 3 nitrogen and oxygen atoms in total. The molecule has 16 heavy (non-hydrogen) atoms. The SMILES string of the molecule is Cn1cc(CC#N)nc1-c1ccc(Br)cc1. The number of rotatable bonds is 2. The molecule has 0 unspecified atom stereocenters. The highest BCUT2D eigenvalue weighted by Gasteiger charge is 2.06. The lowest BCUT2D eigenvalue weighted by Crippen LogP contribution is -1.90. The Labute approximate surface area is 102 Å². The number of aromatic nitrogens is 2. The first-order valence-electron chi connectivity index (χ1n) is 4.86. The van der Waals surface area contributed by atoms with Crippen molar-refractivity contribution in [2.45, 2.75) is 6.42 Å². The Morgan fingerprint density at radius 3 is 2.69 bits per heavy atom. The first kappa shape index (κ1) is 10.9. The summed E-state index contributed by atoms with van der Waals surface area (Å²) < 4.78 is 2.98. The summed E-state index contributed by atoms with van der Waals surface area (Å²) in [5, 5.41) is 8.62. The van der Waals surface area contributed by atoms with E-state index < -0.39 is 0 Å². The van der Waals surface area contributed by atoms with Gasteiger partial charge in [-0.3, -0.25) is 0 Å². The van der Waals surface area contributed by atoms with E-state index in [1.807, 2.05) is 42.1 Å². The standard InChI is InChI=1S/C12H10BrN3/c1-16-8-11(6-7-14)15-12(16)9-2-4-10(13)5-3-9/h2-5,8H,6H2,1H3. The zero-order valence-corrected chi connectivity index (χ0v) is 10.4. The van der Waals surface area contributed by atoms with Crippen molar-refractivity contribution in [2.75, 3.05) is 0 Å². The average Bonchev–Trinajstić information content (AvgIpc) is 2.61. The van der Waals surface area contributed by atoms with Crippen molar-refractivity contribution in [2.24, 2.45) is 7.05 Å². The van der Waals surface area contributed by atoms with Gasteiger partial charge in [0.05, 0.1) is 18.2 Å². The van der Waals surface area contributed by atoms with Gasteiger partial charge in [0.25, 0.3) is 0 Å². The van der Waals surface area contributed by atoms with Crippen LogP contribution in [0.2, 0.25) is 0 Å². The third kappa shape index (κ3) is 2.15. The summed E-state index contributed by atoms with van der Waals surface area (Å²) in [7, 11) is 1.94. The number of hydrogen-bond acceptors (Lipinski definition) is 2. The number of halogens is 1. The predicted octanol–water partition coefficient (Wildman–Crippen LogP) is 2.92. The lowest BCUT2D eigenvalue weighted by atomic mass is 10.2.